The number of imidazole rings is 1. The van der Waals surface area contributed by atoms with Crippen molar-refractivity contribution >= 4 is 5.97 Å². The molecule has 1 N–H and O–H groups in total. The molecule has 4 nitrogen and oxygen atoms in total. The van der Waals surface area contributed by atoms with Crippen molar-refractivity contribution in [2.45, 2.75) is 13.3 Å². The maximum Gasteiger partial charge on any atom is 0.333 e. The summed E-state index contributed by atoms with van der Waals surface area (Å²) in [5.74, 6) is 0.693. The Hall–Kier alpha value is -1.58. The molecule has 14 heavy (non-hydrogen) atoms. The van der Waals surface area contributed by atoms with Gasteiger partial charge in [-0.3, -0.25) is 0 Å². The van der Waals surface area contributed by atoms with E-state index in [9.17, 15) is 4.79 Å². The van der Waals surface area contributed by atoms with E-state index >= 15 is 0 Å². The molecule has 0 amide bonds. The molecule has 0 saturated carbocycles. The third-order valence-corrected chi connectivity index (χ3v) is 1.89. The number of ether oxygens (including phenoxy) is 1. The lowest BCUT2D eigenvalue weighted by Gasteiger charge is -2.01. The van der Waals surface area contributed by atoms with Crippen molar-refractivity contribution in [1.29, 1.82) is 0 Å². The number of esters is 1. The Kier molecular flexibility index (Phi) is 3.45. The van der Waals surface area contributed by atoms with Gasteiger partial charge in [-0.05, 0) is 6.92 Å². The van der Waals surface area contributed by atoms with Crippen molar-refractivity contribution in [2.24, 2.45) is 7.05 Å². The first-order valence-corrected chi connectivity index (χ1v) is 4.46. The van der Waals surface area contributed by atoms with Gasteiger partial charge in [0, 0.05) is 5.57 Å². The maximum absolute atomic E-state index is 11.0. The van der Waals surface area contributed by atoms with Gasteiger partial charge in [0.25, 0.3) is 5.82 Å². The van der Waals surface area contributed by atoms with E-state index in [1.54, 1.807) is 6.92 Å². The normalized spacial score (nSPS) is 9.86. The number of carbonyl (C=O) groups is 1. The van der Waals surface area contributed by atoms with Crippen LogP contribution in [0.1, 0.15) is 12.7 Å². The van der Waals surface area contributed by atoms with Gasteiger partial charge in [-0.1, -0.05) is 6.58 Å². The molecular weight excluding hydrogens is 180 g/mol. The van der Waals surface area contributed by atoms with Gasteiger partial charge in [0.15, 0.2) is 0 Å². The van der Waals surface area contributed by atoms with Crippen LogP contribution in [0.25, 0.3) is 0 Å². The first-order chi connectivity index (χ1) is 6.61. The van der Waals surface area contributed by atoms with Crippen LogP contribution < -0.4 is 4.57 Å². The van der Waals surface area contributed by atoms with Gasteiger partial charge in [0.05, 0.1) is 13.5 Å². The second kappa shape index (κ2) is 4.60. The summed E-state index contributed by atoms with van der Waals surface area (Å²) in [5.41, 5.74) is 0.431. The number of nitrogens with one attached hydrogen (secondary N) is 1. The molecule has 0 fully saturated rings. The number of H-pyrrole nitrogens is 1. The molecule has 76 valence electrons. The monoisotopic (exact) mass is 195 g/mol. The fourth-order valence-corrected chi connectivity index (χ4v) is 1.05. The van der Waals surface area contributed by atoms with Gasteiger partial charge in [-0.25, -0.2) is 14.3 Å². The Morgan fingerprint density at radius 2 is 2.43 bits per heavy atom. The molecule has 4 heteroatoms. The Morgan fingerprint density at radius 3 is 2.93 bits per heavy atom. The molecule has 0 bridgehead atoms. The summed E-state index contributed by atoms with van der Waals surface area (Å²) >= 11 is 0. The lowest BCUT2D eigenvalue weighted by molar-refractivity contribution is -0.677. The average molecular weight is 195 g/mol. The van der Waals surface area contributed by atoms with E-state index in [0.29, 0.717) is 18.6 Å². The summed E-state index contributed by atoms with van der Waals surface area (Å²) in [6.45, 7) is 5.51. The quantitative estimate of drug-likeness (QED) is 0.432. The van der Waals surface area contributed by atoms with Crippen LogP contribution >= 0.6 is 0 Å². The van der Waals surface area contributed by atoms with Gasteiger partial charge >= 0.3 is 5.97 Å². The zero-order valence-corrected chi connectivity index (χ0v) is 8.54. The maximum atomic E-state index is 11.0. The summed E-state index contributed by atoms with van der Waals surface area (Å²) in [4.78, 5) is 14.1. The van der Waals surface area contributed by atoms with Gasteiger partial charge < -0.3 is 4.74 Å². The van der Waals surface area contributed by atoms with Crippen LogP contribution in [0.4, 0.5) is 0 Å². The Morgan fingerprint density at radius 1 is 1.71 bits per heavy atom. The minimum Gasteiger partial charge on any atom is -0.462 e. The van der Waals surface area contributed by atoms with Crippen molar-refractivity contribution < 1.29 is 14.1 Å². The number of hydrogen-bond donors (Lipinski definition) is 1. The summed E-state index contributed by atoms with van der Waals surface area (Å²) in [6, 6.07) is 0. The SMILES string of the molecule is C=C(C)C(=O)OCCc1[nH]cc[n+]1C. The predicted molar refractivity (Wildman–Crippen MR) is 51.4 cm³/mol. The molecule has 0 atom stereocenters. The van der Waals surface area contributed by atoms with Crippen LogP contribution in [0.2, 0.25) is 0 Å². The average Bonchev–Trinajstić information content (AvgIpc) is 2.51. The lowest BCUT2D eigenvalue weighted by atomic mass is 10.3. The molecule has 1 heterocycles. The summed E-state index contributed by atoms with van der Waals surface area (Å²) in [6.07, 6.45) is 4.44. The van der Waals surface area contributed by atoms with E-state index in [1.165, 1.54) is 0 Å². The van der Waals surface area contributed by atoms with E-state index < -0.39 is 0 Å². The molecule has 0 unspecified atom stereocenters. The Labute approximate surface area is 83.2 Å². The first-order valence-electron chi connectivity index (χ1n) is 4.46. The molecule has 0 saturated heterocycles. The second-order valence-corrected chi connectivity index (χ2v) is 3.18. The third-order valence-electron chi connectivity index (χ3n) is 1.89. The van der Waals surface area contributed by atoms with E-state index in [-0.39, 0.29) is 5.97 Å². The highest BCUT2D eigenvalue weighted by atomic mass is 16.5. The van der Waals surface area contributed by atoms with Crippen molar-refractivity contribution in [1.82, 2.24) is 4.98 Å². The van der Waals surface area contributed by atoms with Crippen LogP contribution in [0.5, 0.6) is 0 Å². The fourth-order valence-electron chi connectivity index (χ4n) is 1.05. The van der Waals surface area contributed by atoms with Crippen LogP contribution in [0, 0.1) is 0 Å². The first kappa shape index (κ1) is 10.5. The van der Waals surface area contributed by atoms with E-state index in [1.807, 2.05) is 24.0 Å². The number of nitrogens with zero attached hydrogens (tertiary/aromatic N) is 1. The molecule has 0 spiro atoms. The zero-order valence-electron chi connectivity index (χ0n) is 8.54. The van der Waals surface area contributed by atoms with E-state index in [2.05, 4.69) is 11.6 Å². The molecule has 1 rings (SSSR count). The molecular formula is C10H15N2O2+. The Bertz CT molecular complexity index is 342. The fraction of sp³-hybridized carbons (Fsp3) is 0.400. The van der Waals surface area contributed by atoms with Crippen LogP contribution in [0.15, 0.2) is 24.5 Å². The number of aromatic nitrogens is 2. The predicted octanol–water partition coefficient (Wildman–Crippen LogP) is 0.501. The lowest BCUT2D eigenvalue weighted by Crippen LogP contribution is -2.31. The Balaban J connectivity index is 2.32. The number of carbonyl (C=O) groups excluding carboxylic acids is 1. The smallest absolute Gasteiger partial charge is 0.333 e. The van der Waals surface area contributed by atoms with Crippen molar-refractivity contribution in [2.75, 3.05) is 6.61 Å². The number of hydrogen-bond acceptors (Lipinski definition) is 2. The molecule has 1 aromatic rings. The van der Waals surface area contributed by atoms with Gasteiger partial charge in [-0.2, -0.15) is 0 Å². The van der Waals surface area contributed by atoms with Gasteiger partial charge in [0.1, 0.15) is 19.0 Å². The summed E-state index contributed by atoms with van der Waals surface area (Å²) < 4.78 is 6.91. The molecule has 0 aliphatic carbocycles. The summed E-state index contributed by atoms with van der Waals surface area (Å²) in [7, 11) is 1.94. The van der Waals surface area contributed by atoms with Crippen molar-refractivity contribution in [3.63, 3.8) is 0 Å². The molecule has 0 aliphatic rings. The highest BCUT2D eigenvalue weighted by molar-refractivity contribution is 5.86. The van der Waals surface area contributed by atoms with Crippen LogP contribution in [-0.4, -0.2) is 17.6 Å². The topological polar surface area (TPSA) is 46.0 Å². The highest BCUT2D eigenvalue weighted by Gasteiger charge is 2.08. The standard InChI is InChI=1S/C10H14N2O2/c1-8(2)10(13)14-7-4-9-11-5-6-12(9)3/h5-6H,1,4,7H2,2-3H3/p+1. The zero-order chi connectivity index (χ0) is 10.6. The van der Waals surface area contributed by atoms with Crippen molar-refractivity contribution in [3.05, 3.63) is 30.4 Å². The van der Waals surface area contributed by atoms with Crippen molar-refractivity contribution in [3.8, 4) is 0 Å². The molecule has 0 aliphatic heterocycles. The third kappa shape index (κ3) is 2.73. The van der Waals surface area contributed by atoms with Gasteiger partial charge in [0.2, 0.25) is 0 Å². The van der Waals surface area contributed by atoms with E-state index in [4.69, 9.17) is 4.74 Å². The molecule has 0 radical (unpaired) electrons. The number of aryl methyl sites for hydroxylation is 1. The van der Waals surface area contributed by atoms with Gasteiger partial charge in [-0.15, -0.1) is 0 Å². The minimum absolute atomic E-state index is 0.334. The van der Waals surface area contributed by atoms with E-state index in [0.717, 1.165) is 5.82 Å². The number of aromatic amines is 1. The van der Waals surface area contributed by atoms with Crippen LogP contribution in [0.3, 0.4) is 0 Å². The van der Waals surface area contributed by atoms with Crippen LogP contribution in [-0.2, 0) is 23.0 Å². The highest BCUT2D eigenvalue weighted by Crippen LogP contribution is 1.94. The minimum atomic E-state index is -0.334. The number of rotatable bonds is 4. The largest absolute Gasteiger partial charge is 0.462 e. The molecule has 1 aromatic heterocycles. The second-order valence-electron chi connectivity index (χ2n) is 3.18. The summed E-state index contributed by atoms with van der Waals surface area (Å²) in [5, 5.41) is 0. The molecule has 0 aromatic carbocycles.